The summed E-state index contributed by atoms with van der Waals surface area (Å²) in [7, 11) is 0. The van der Waals surface area contributed by atoms with Crippen molar-refractivity contribution in [3.05, 3.63) is 42.0 Å². The molecule has 0 saturated heterocycles. The van der Waals surface area contributed by atoms with Gasteiger partial charge < -0.3 is 4.74 Å². The average molecular weight is 200 g/mol. The minimum atomic E-state index is -0.610. The molecule has 0 saturated carbocycles. The summed E-state index contributed by atoms with van der Waals surface area (Å²) in [4.78, 5) is 10.8. The number of benzene rings is 1. The van der Waals surface area contributed by atoms with Crippen molar-refractivity contribution in [1.29, 1.82) is 0 Å². The smallest absolute Gasteiger partial charge is 0.304 e. The van der Waals surface area contributed by atoms with Gasteiger partial charge in [0.05, 0.1) is 0 Å². The van der Waals surface area contributed by atoms with Gasteiger partial charge in [0.25, 0.3) is 0 Å². The minimum Gasteiger partial charge on any atom is -0.444 e. The summed E-state index contributed by atoms with van der Waals surface area (Å²) in [6.45, 7) is 4.98. The largest absolute Gasteiger partial charge is 0.444 e. The highest BCUT2D eigenvalue weighted by atomic mass is 16.5. The molecule has 1 rings (SSSR count). The molecule has 0 aliphatic rings. The predicted octanol–water partition coefficient (Wildman–Crippen LogP) is 2.57. The standard InChI is InChI=1S/C13H12O2/c1-4-11-6-8-12(9-7-11)13(5-2)15-10(3)14/h2,4,6-9,13H,1H2,3H3. The first-order valence-electron chi connectivity index (χ1n) is 4.53. The van der Waals surface area contributed by atoms with Gasteiger partial charge in [-0.15, -0.1) is 6.42 Å². The highest BCUT2D eigenvalue weighted by Crippen LogP contribution is 2.17. The molecule has 0 aliphatic carbocycles. The molecule has 0 spiro atoms. The first kappa shape index (κ1) is 11.1. The first-order valence-corrected chi connectivity index (χ1v) is 4.53. The van der Waals surface area contributed by atoms with E-state index in [0.717, 1.165) is 11.1 Å². The van der Waals surface area contributed by atoms with Crippen LogP contribution in [0.15, 0.2) is 30.8 Å². The lowest BCUT2D eigenvalue weighted by Gasteiger charge is -2.11. The van der Waals surface area contributed by atoms with Crippen molar-refractivity contribution in [3.8, 4) is 12.3 Å². The van der Waals surface area contributed by atoms with Crippen LogP contribution in [0, 0.1) is 12.3 Å². The van der Waals surface area contributed by atoms with Crippen molar-refractivity contribution < 1.29 is 9.53 Å². The predicted molar refractivity (Wildman–Crippen MR) is 59.9 cm³/mol. The van der Waals surface area contributed by atoms with E-state index in [0.29, 0.717) is 0 Å². The zero-order valence-corrected chi connectivity index (χ0v) is 8.57. The van der Waals surface area contributed by atoms with Crippen LogP contribution in [0.25, 0.3) is 6.08 Å². The molecule has 0 heterocycles. The molecule has 0 aromatic heterocycles. The number of hydrogen-bond donors (Lipinski definition) is 0. The van der Waals surface area contributed by atoms with Crippen LogP contribution < -0.4 is 0 Å². The third-order valence-corrected chi connectivity index (χ3v) is 1.91. The van der Waals surface area contributed by atoms with E-state index < -0.39 is 6.10 Å². The maximum atomic E-state index is 10.8. The van der Waals surface area contributed by atoms with Gasteiger partial charge in [0, 0.05) is 12.5 Å². The number of rotatable bonds is 3. The van der Waals surface area contributed by atoms with Gasteiger partial charge >= 0.3 is 5.97 Å². The number of carbonyl (C=O) groups excluding carboxylic acids is 1. The van der Waals surface area contributed by atoms with Gasteiger partial charge in [0.15, 0.2) is 6.10 Å². The van der Waals surface area contributed by atoms with Gasteiger partial charge in [-0.2, -0.15) is 0 Å². The Bertz CT molecular complexity index is 396. The zero-order chi connectivity index (χ0) is 11.3. The third kappa shape index (κ3) is 2.99. The molecule has 2 heteroatoms. The summed E-state index contributed by atoms with van der Waals surface area (Å²) in [5.41, 5.74) is 1.79. The third-order valence-electron chi connectivity index (χ3n) is 1.91. The summed E-state index contributed by atoms with van der Waals surface area (Å²) >= 11 is 0. The molecule has 1 atom stereocenters. The second-order valence-electron chi connectivity index (χ2n) is 3.03. The Balaban J connectivity index is 2.88. The molecule has 0 radical (unpaired) electrons. The summed E-state index contributed by atoms with van der Waals surface area (Å²) in [5.74, 6) is 2.03. The average Bonchev–Trinajstić information content (AvgIpc) is 2.26. The van der Waals surface area contributed by atoms with Crippen LogP contribution in [0.4, 0.5) is 0 Å². The molecular formula is C13H12O2. The lowest BCUT2D eigenvalue weighted by Crippen LogP contribution is -2.06. The molecule has 76 valence electrons. The summed E-state index contributed by atoms with van der Waals surface area (Å²) in [6, 6.07) is 7.39. The Morgan fingerprint density at radius 1 is 1.53 bits per heavy atom. The van der Waals surface area contributed by atoms with Crippen molar-refractivity contribution in [2.45, 2.75) is 13.0 Å². The van der Waals surface area contributed by atoms with Crippen LogP contribution in [0.5, 0.6) is 0 Å². The highest BCUT2D eigenvalue weighted by Gasteiger charge is 2.10. The van der Waals surface area contributed by atoms with E-state index in [-0.39, 0.29) is 5.97 Å². The number of carbonyl (C=O) groups is 1. The number of terminal acetylenes is 1. The first-order chi connectivity index (χ1) is 7.17. The van der Waals surface area contributed by atoms with Gasteiger partial charge in [0.1, 0.15) is 0 Å². The van der Waals surface area contributed by atoms with Gasteiger partial charge in [0.2, 0.25) is 0 Å². The Morgan fingerprint density at radius 3 is 2.53 bits per heavy atom. The van der Waals surface area contributed by atoms with E-state index in [1.807, 2.05) is 24.3 Å². The van der Waals surface area contributed by atoms with Gasteiger partial charge in [-0.25, -0.2) is 0 Å². The van der Waals surface area contributed by atoms with Crippen LogP contribution in [-0.4, -0.2) is 5.97 Å². The normalized spacial score (nSPS) is 11.2. The van der Waals surface area contributed by atoms with E-state index in [4.69, 9.17) is 11.2 Å². The van der Waals surface area contributed by atoms with Gasteiger partial charge in [-0.3, -0.25) is 4.79 Å². The number of hydrogen-bond acceptors (Lipinski definition) is 2. The number of esters is 1. The lowest BCUT2D eigenvalue weighted by atomic mass is 10.1. The Morgan fingerprint density at radius 2 is 2.13 bits per heavy atom. The zero-order valence-electron chi connectivity index (χ0n) is 8.57. The van der Waals surface area contributed by atoms with Gasteiger partial charge in [-0.05, 0) is 5.56 Å². The van der Waals surface area contributed by atoms with E-state index >= 15 is 0 Å². The van der Waals surface area contributed by atoms with Gasteiger partial charge in [-0.1, -0.05) is 42.8 Å². The molecule has 1 unspecified atom stereocenters. The van der Waals surface area contributed by atoms with E-state index in [1.54, 1.807) is 6.08 Å². The molecule has 0 bridgehead atoms. The SMILES string of the molecule is C#CC(OC(C)=O)c1ccc(C=C)cc1. The Hall–Kier alpha value is -2.01. The van der Waals surface area contributed by atoms with Crippen molar-refractivity contribution in [1.82, 2.24) is 0 Å². The second-order valence-corrected chi connectivity index (χ2v) is 3.03. The minimum absolute atomic E-state index is 0.384. The number of ether oxygens (including phenoxy) is 1. The molecule has 15 heavy (non-hydrogen) atoms. The molecule has 0 amide bonds. The maximum absolute atomic E-state index is 10.8. The summed E-state index contributed by atoms with van der Waals surface area (Å²) < 4.78 is 4.96. The van der Waals surface area contributed by atoms with Crippen LogP contribution in [0.1, 0.15) is 24.2 Å². The fraction of sp³-hybridized carbons (Fsp3) is 0.154. The Labute approximate surface area is 89.6 Å². The van der Waals surface area contributed by atoms with E-state index in [1.165, 1.54) is 6.92 Å². The van der Waals surface area contributed by atoms with Crippen molar-refractivity contribution in [2.75, 3.05) is 0 Å². The second kappa shape index (κ2) is 5.02. The van der Waals surface area contributed by atoms with Crippen molar-refractivity contribution >= 4 is 12.0 Å². The molecule has 0 aliphatic heterocycles. The maximum Gasteiger partial charge on any atom is 0.304 e. The Kier molecular flexibility index (Phi) is 3.70. The van der Waals surface area contributed by atoms with E-state index in [9.17, 15) is 4.79 Å². The molecule has 0 fully saturated rings. The van der Waals surface area contributed by atoms with Crippen LogP contribution in [-0.2, 0) is 9.53 Å². The monoisotopic (exact) mass is 200 g/mol. The van der Waals surface area contributed by atoms with Crippen LogP contribution in [0.2, 0.25) is 0 Å². The van der Waals surface area contributed by atoms with E-state index in [2.05, 4.69) is 12.5 Å². The molecule has 1 aromatic rings. The fourth-order valence-electron chi connectivity index (χ4n) is 1.17. The molecular weight excluding hydrogens is 188 g/mol. The summed E-state index contributed by atoms with van der Waals surface area (Å²) in [5, 5.41) is 0. The quantitative estimate of drug-likeness (QED) is 0.553. The molecule has 0 N–H and O–H groups in total. The lowest BCUT2D eigenvalue weighted by molar-refractivity contribution is -0.144. The van der Waals surface area contributed by atoms with Crippen LogP contribution in [0.3, 0.4) is 0 Å². The van der Waals surface area contributed by atoms with Crippen molar-refractivity contribution in [3.63, 3.8) is 0 Å². The van der Waals surface area contributed by atoms with Crippen molar-refractivity contribution in [2.24, 2.45) is 0 Å². The molecule has 2 nitrogen and oxygen atoms in total. The molecule has 1 aromatic carbocycles. The topological polar surface area (TPSA) is 26.3 Å². The summed E-state index contributed by atoms with van der Waals surface area (Å²) in [6.07, 6.45) is 6.40. The fourth-order valence-corrected chi connectivity index (χ4v) is 1.17. The van der Waals surface area contributed by atoms with Crippen LogP contribution >= 0.6 is 0 Å². The highest BCUT2D eigenvalue weighted by molar-refractivity contribution is 5.66.